The number of rotatable bonds is 8. The van der Waals surface area contributed by atoms with Gasteiger partial charge in [-0.3, -0.25) is 4.79 Å². The number of halogens is 1. The van der Waals surface area contributed by atoms with E-state index in [0.717, 1.165) is 22.5 Å². The number of nitrogens with zero attached hydrogens (tertiary/aromatic N) is 2. The lowest BCUT2D eigenvalue weighted by atomic mass is 10.2. The van der Waals surface area contributed by atoms with E-state index in [-0.39, 0.29) is 10.9 Å². The summed E-state index contributed by atoms with van der Waals surface area (Å²) in [6, 6.07) is 12.9. The second kappa shape index (κ2) is 10.0. The van der Waals surface area contributed by atoms with Gasteiger partial charge < -0.3 is 14.8 Å². The number of hydrogen-bond donors (Lipinski definition) is 1. The van der Waals surface area contributed by atoms with E-state index in [0.29, 0.717) is 33.8 Å². The number of benzene rings is 2. The zero-order valence-corrected chi connectivity index (χ0v) is 18.1. The van der Waals surface area contributed by atoms with Gasteiger partial charge in [0.15, 0.2) is 16.5 Å². The molecule has 8 heteroatoms. The second-order valence-corrected chi connectivity index (χ2v) is 7.62. The minimum absolute atomic E-state index is 0.225. The Balaban J connectivity index is 1.74. The van der Waals surface area contributed by atoms with Crippen LogP contribution < -0.4 is 14.8 Å². The molecule has 0 atom stereocenters. The number of anilines is 1. The Hall–Kier alpha value is -3.16. The topological polar surface area (TPSA) is 73.3 Å². The van der Waals surface area contributed by atoms with Crippen LogP contribution >= 0.6 is 22.9 Å². The molecule has 0 saturated carbocycles. The lowest BCUT2D eigenvalue weighted by molar-refractivity contribution is 0.102. The van der Waals surface area contributed by atoms with Crippen LogP contribution in [0, 0.1) is 6.92 Å². The van der Waals surface area contributed by atoms with E-state index < -0.39 is 0 Å². The molecule has 3 rings (SSSR count). The lowest BCUT2D eigenvalue weighted by Gasteiger charge is -2.09. The Kier molecular flexibility index (Phi) is 7.21. The van der Waals surface area contributed by atoms with Crippen molar-refractivity contribution in [2.75, 3.05) is 19.0 Å². The summed E-state index contributed by atoms with van der Waals surface area (Å²) >= 11 is 7.52. The van der Waals surface area contributed by atoms with E-state index in [1.807, 2.05) is 37.3 Å². The van der Waals surface area contributed by atoms with E-state index in [4.69, 9.17) is 21.1 Å². The Morgan fingerprint density at radius 1 is 1.17 bits per heavy atom. The first kappa shape index (κ1) is 21.5. The molecule has 0 aliphatic heterocycles. The summed E-state index contributed by atoms with van der Waals surface area (Å²) in [5, 5.41) is 11.8. The third-order valence-electron chi connectivity index (χ3n) is 3.97. The number of aromatic nitrogens is 2. The van der Waals surface area contributed by atoms with Gasteiger partial charge in [-0.1, -0.05) is 59.4 Å². The highest BCUT2D eigenvalue weighted by Crippen LogP contribution is 2.31. The van der Waals surface area contributed by atoms with Crippen molar-refractivity contribution in [1.82, 2.24) is 10.2 Å². The first-order chi connectivity index (χ1) is 14.5. The molecule has 1 aromatic heterocycles. The van der Waals surface area contributed by atoms with E-state index >= 15 is 0 Å². The standard InChI is InChI=1S/C22H20ClN3O3S/c1-4-11-29-18-10-7-15(13-19(18)28-3)12-17(23)21-25-26-22(30-21)20(27)24-16-8-5-14(2)6-9-16/h4-10,12-13H,1,11H2,2-3H3,(H,24,27)/b17-12-. The van der Waals surface area contributed by atoms with Crippen LogP contribution in [0.25, 0.3) is 11.1 Å². The smallest absolute Gasteiger partial charge is 0.286 e. The van der Waals surface area contributed by atoms with Crippen molar-refractivity contribution >= 4 is 45.6 Å². The summed E-state index contributed by atoms with van der Waals surface area (Å²) in [4.78, 5) is 12.4. The fraction of sp³-hybridized carbons (Fsp3) is 0.136. The van der Waals surface area contributed by atoms with Gasteiger partial charge in [-0.2, -0.15) is 0 Å². The number of ether oxygens (including phenoxy) is 2. The van der Waals surface area contributed by atoms with Gasteiger partial charge in [-0.05, 0) is 42.8 Å². The maximum absolute atomic E-state index is 12.4. The van der Waals surface area contributed by atoms with Gasteiger partial charge in [0.1, 0.15) is 6.61 Å². The van der Waals surface area contributed by atoms with Crippen LogP contribution in [0.5, 0.6) is 11.5 Å². The van der Waals surface area contributed by atoms with Crippen LogP contribution in [0.15, 0.2) is 55.1 Å². The molecule has 1 heterocycles. The molecule has 1 N–H and O–H groups in total. The molecule has 6 nitrogen and oxygen atoms in total. The molecule has 30 heavy (non-hydrogen) atoms. The number of methoxy groups -OCH3 is 1. The van der Waals surface area contributed by atoms with Crippen LogP contribution in [0.4, 0.5) is 5.69 Å². The third kappa shape index (κ3) is 5.46. The Morgan fingerprint density at radius 2 is 1.90 bits per heavy atom. The van der Waals surface area contributed by atoms with Gasteiger partial charge >= 0.3 is 0 Å². The number of aryl methyl sites for hydroxylation is 1. The number of nitrogens with one attached hydrogen (secondary N) is 1. The summed E-state index contributed by atoms with van der Waals surface area (Å²) in [5.41, 5.74) is 2.60. The molecule has 2 aromatic carbocycles. The Bertz CT molecular complexity index is 1080. The molecule has 0 radical (unpaired) electrons. The van der Waals surface area contributed by atoms with Crippen molar-refractivity contribution in [2.45, 2.75) is 6.92 Å². The van der Waals surface area contributed by atoms with E-state index in [1.165, 1.54) is 0 Å². The highest BCUT2D eigenvalue weighted by atomic mass is 35.5. The van der Waals surface area contributed by atoms with Crippen molar-refractivity contribution in [3.05, 3.63) is 76.3 Å². The molecule has 0 aliphatic rings. The summed E-state index contributed by atoms with van der Waals surface area (Å²) in [5.74, 6) is 0.847. The van der Waals surface area contributed by atoms with Gasteiger partial charge in [0, 0.05) is 5.69 Å². The van der Waals surface area contributed by atoms with E-state index in [1.54, 1.807) is 31.4 Å². The number of carbonyl (C=O) groups is 1. The van der Waals surface area contributed by atoms with Gasteiger partial charge in [0.05, 0.1) is 12.1 Å². The number of carbonyl (C=O) groups excluding carboxylic acids is 1. The van der Waals surface area contributed by atoms with Gasteiger partial charge in [-0.25, -0.2) is 0 Å². The average molecular weight is 442 g/mol. The largest absolute Gasteiger partial charge is 0.493 e. The molecule has 0 bridgehead atoms. The monoisotopic (exact) mass is 441 g/mol. The molecule has 1 amide bonds. The van der Waals surface area contributed by atoms with Crippen LogP contribution in [0.1, 0.15) is 25.9 Å². The summed E-state index contributed by atoms with van der Waals surface area (Å²) < 4.78 is 10.9. The number of amides is 1. The van der Waals surface area contributed by atoms with E-state index in [9.17, 15) is 4.79 Å². The summed E-state index contributed by atoms with van der Waals surface area (Å²) in [6.07, 6.45) is 3.38. The van der Waals surface area contributed by atoms with Crippen molar-refractivity contribution in [2.24, 2.45) is 0 Å². The fourth-order valence-electron chi connectivity index (χ4n) is 2.48. The minimum Gasteiger partial charge on any atom is -0.493 e. The third-order valence-corrected chi connectivity index (χ3v) is 5.33. The molecule has 0 fully saturated rings. The lowest BCUT2D eigenvalue weighted by Crippen LogP contribution is -2.11. The maximum Gasteiger partial charge on any atom is 0.286 e. The van der Waals surface area contributed by atoms with Crippen LogP contribution in [0.2, 0.25) is 0 Å². The molecule has 0 spiro atoms. The second-order valence-electron chi connectivity index (χ2n) is 6.23. The SMILES string of the molecule is C=CCOc1ccc(/C=C(\Cl)c2nnc(C(=O)Nc3ccc(C)cc3)s2)cc1OC. The first-order valence-electron chi connectivity index (χ1n) is 9.01. The Morgan fingerprint density at radius 3 is 2.60 bits per heavy atom. The van der Waals surface area contributed by atoms with Crippen LogP contribution in [0.3, 0.4) is 0 Å². The zero-order valence-electron chi connectivity index (χ0n) is 16.5. The van der Waals surface area contributed by atoms with Gasteiger partial charge in [0.25, 0.3) is 5.91 Å². The number of hydrogen-bond acceptors (Lipinski definition) is 6. The van der Waals surface area contributed by atoms with Crippen molar-refractivity contribution in [1.29, 1.82) is 0 Å². The van der Waals surface area contributed by atoms with Crippen LogP contribution in [-0.4, -0.2) is 29.8 Å². The van der Waals surface area contributed by atoms with Gasteiger partial charge in [-0.15, -0.1) is 10.2 Å². The molecule has 154 valence electrons. The Labute approximate surface area is 183 Å². The zero-order chi connectivity index (χ0) is 21.5. The average Bonchev–Trinajstić information content (AvgIpc) is 3.25. The highest BCUT2D eigenvalue weighted by Gasteiger charge is 2.15. The van der Waals surface area contributed by atoms with Gasteiger partial charge in [0.2, 0.25) is 5.01 Å². The van der Waals surface area contributed by atoms with Crippen molar-refractivity contribution in [3.63, 3.8) is 0 Å². The molecule has 0 aliphatic carbocycles. The van der Waals surface area contributed by atoms with E-state index in [2.05, 4.69) is 22.1 Å². The molecule has 0 unspecified atom stereocenters. The van der Waals surface area contributed by atoms with Crippen molar-refractivity contribution < 1.29 is 14.3 Å². The summed E-state index contributed by atoms with van der Waals surface area (Å²) in [7, 11) is 1.56. The normalized spacial score (nSPS) is 11.1. The molecule has 0 saturated heterocycles. The predicted octanol–water partition coefficient (Wildman–Crippen LogP) is 5.41. The highest BCUT2D eigenvalue weighted by molar-refractivity contribution is 7.15. The predicted molar refractivity (Wildman–Crippen MR) is 121 cm³/mol. The fourth-order valence-corrected chi connectivity index (χ4v) is 3.41. The first-order valence-corrected chi connectivity index (χ1v) is 10.2. The summed E-state index contributed by atoms with van der Waals surface area (Å²) in [6.45, 7) is 5.99. The minimum atomic E-state index is -0.336. The van der Waals surface area contributed by atoms with Crippen LogP contribution in [-0.2, 0) is 0 Å². The quantitative estimate of drug-likeness (QED) is 0.473. The molecular formula is C22H20ClN3O3S. The maximum atomic E-state index is 12.4. The molecular weight excluding hydrogens is 422 g/mol. The van der Waals surface area contributed by atoms with Crippen molar-refractivity contribution in [3.8, 4) is 11.5 Å². The molecule has 3 aromatic rings.